The Balaban J connectivity index is 2.08. The van der Waals surface area contributed by atoms with Crippen LogP contribution in [0.25, 0.3) is 5.69 Å². The van der Waals surface area contributed by atoms with E-state index in [1.807, 2.05) is 30.3 Å². The van der Waals surface area contributed by atoms with Gasteiger partial charge in [0.05, 0.1) is 17.5 Å². The number of aliphatic hydroxyl groups excluding tert-OH is 1. The van der Waals surface area contributed by atoms with Gasteiger partial charge in [-0.1, -0.05) is 41.9 Å². The molecule has 4 rings (SSSR count). The quantitative estimate of drug-likeness (QED) is 0.673. The summed E-state index contributed by atoms with van der Waals surface area (Å²) < 4.78 is 6.62. The molecular formula is C20H14ClN3O4. The van der Waals surface area contributed by atoms with Gasteiger partial charge in [0, 0.05) is 23.1 Å². The standard InChI is InChI=1S/C20H14ClN3O4/c1-11(25)28-17-10-16(26)22-19-20(27)23-18(12-5-3-2-4-6-12)14-9-13(21)7-8-15(14)24(17)19/h2-10,20,27H,1H3. The van der Waals surface area contributed by atoms with Gasteiger partial charge < -0.3 is 9.84 Å². The Bertz CT molecular complexity index is 1170. The van der Waals surface area contributed by atoms with Crippen molar-refractivity contribution < 1.29 is 14.6 Å². The van der Waals surface area contributed by atoms with Gasteiger partial charge in [0.15, 0.2) is 5.82 Å². The summed E-state index contributed by atoms with van der Waals surface area (Å²) in [5.41, 5.74) is 1.67. The molecule has 1 aromatic heterocycles. The third-order valence-electron chi connectivity index (χ3n) is 4.15. The fourth-order valence-electron chi connectivity index (χ4n) is 3.08. The molecule has 1 N–H and O–H groups in total. The Morgan fingerprint density at radius 2 is 1.93 bits per heavy atom. The average molecular weight is 396 g/mol. The molecule has 1 unspecified atom stereocenters. The highest BCUT2D eigenvalue weighted by Crippen LogP contribution is 2.33. The lowest BCUT2D eigenvalue weighted by atomic mass is 10.0. The molecule has 0 saturated carbocycles. The molecule has 0 aliphatic carbocycles. The number of hydrogen-bond acceptors (Lipinski definition) is 6. The van der Waals surface area contributed by atoms with E-state index < -0.39 is 17.8 Å². The molecule has 1 aliphatic rings. The normalized spacial score (nSPS) is 15.1. The van der Waals surface area contributed by atoms with Crippen molar-refractivity contribution in [3.8, 4) is 11.6 Å². The van der Waals surface area contributed by atoms with Gasteiger partial charge in [-0.05, 0) is 18.2 Å². The van der Waals surface area contributed by atoms with Crippen LogP contribution in [0.3, 0.4) is 0 Å². The number of halogens is 1. The van der Waals surface area contributed by atoms with Crippen LogP contribution in [-0.2, 0) is 4.79 Å². The van der Waals surface area contributed by atoms with Crippen LogP contribution in [0.1, 0.15) is 30.1 Å². The minimum absolute atomic E-state index is 0.0572. The first kappa shape index (κ1) is 18.1. The van der Waals surface area contributed by atoms with Crippen molar-refractivity contribution in [1.82, 2.24) is 9.55 Å². The van der Waals surface area contributed by atoms with Gasteiger partial charge in [0.25, 0.3) is 5.56 Å². The Morgan fingerprint density at radius 1 is 1.18 bits per heavy atom. The number of aliphatic imine (C=N–C) groups is 1. The second-order valence-electron chi connectivity index (χ2n) is 6.10. The summed E-state index contributed by atoms with van der Waals surface area (Å²) in [6.45, 7) is 1.22. The molecule has 2 aromatic carbocycles. The summed E-state index contributed by atoms with van der Waals surface area (Å²) in [5.74, 6) is -0.730. The molecule has 140 valence electrons. The number of fused-ring (bicyclic) bond motifs is 3. The van der Waals surface area contributed by atoms with Gasteiger partial charge in [-0.15, -0.1) is 0 Å². The van der Waals surface area contributed by atoms with E-state index in [-0.39, 0.29) is 11.7 Å². The maximum Gasteiger partial charge on any atom is 0.309 e. The van der Waals surface area contributed by atoms with Crippen LogP contribution < -0.4 is 10.3 Å². The molecule has 7 nitrogen and oxygen atoms in total. The SMILES string of the molecule is CC(=O)Oc1cc(=O)nc2n1-c1ccc(Cl)cc1C(c1ccccc1)=NC2O. The van der Waals surface area contributed by atoms with Gasteiger partial charge in [-0.25, -0.2) is 4.99 Å². The van der Waals surface area contributed by atoms with Crippen LogP contribution in [0.15, 0.2) is 64.4 Å². The number of ether oxygens (including phenoxy) is 1. The number of carbonyl (C=O) groups excluding carboxylic acids is 1. The first-order chi connectivity index (χ1) is 13.4. The molecule has 0 fully saturated rings. The van der Waals surface area contributed by atoms with Crippen molar-refractivity contribution in [3.05, 3.63) is 86.9 Å². The summed E-state index contributed by atoms with van der Waals surface area (Å²) in [6, 6.07) is 15.4. The third-order valence-corrected chi connectivity index (χ3v) is 4.39. The summed E-state index contributed by atoms with van der Waals surface area (Å²) in [7, 11) is 0. The van der Waals surface area contributed by atoms with Gasteiger partial charge in [0.1, 0.15) is 0 Å². The number of nitrogens with zero attached hydrogens (tertiary/aromatic N) is 3. The molecule has 0 amide bonds. The zero-order valence-corrected chi connectivity index (χ0v) is 15.4. The molecule has 1 aliphatic heterocycles. The Morgan fingerprint density at radius 3 is 2.64 bits per heavy atom. The van der Waals surface area contributed by atoms with E-state index in [1.54, 1.807) is 18.2 Å². The highest BCUT2D eigenvalue weighted by atomic mass is 35.5. The summed E-state index contributed by atoms with van der Waals surface area (Å²) in [5, 5.41) is 11.2. The second kappa shape index (κ2) is 7.03. The largest absolute Gasteiger partial charge is 0.409 e. The lowest BCUT2D eigenvalue weighted by molar-refractivity contribution is -0.132. The van der Waals surface area contributed by atoms with E-state index in [0.29, 0.717) is 22.0 Å². The predicted octanol–water partition coefficient (Wildman–Crippen LogP) is 2.65. The number of esters is 1. The second-order valence-corrected chi connectivity index (χ2v) is 6.54. The number of hydrogen-bond donors (Lipinski definition) is 1. The predicted molar refractivity (Wildman–Crippen MR) is 103 cm³/mol. The third kappa shape index (κ3) is 3.21. The van der Waals surface area contributed by atoms with Crippen molar-refractivity contribution in [3.63, 3.8) is 0 Å². The van der Waals surface area contributed by atoms with E-state index in [2.05, 4.69) is 9.98 Å². The van der Waals surface area contributed by atoms with Crippen molar-refractivity contribution in [1.29, 1.82) is 0 Å². The van der Waals surface area contributed by atoms with E-state index in [0.717, 1.165) is 11.6 Å². The van der Waals surface area contributed by atoms with E-state index in [9.17, 15) is 14.7 Å². The lowest BCUT2D eigenvalue weighted by Gasteiger charge is -2.18. The highest BCUT2D eigenvalue weighted by Gasteiger charge is 2.27. The van der Waals surface area contributed by atoms with Crippen LogP contribution in [-0.4, -0.2) is 26.3 Å². The molecule has 1 atom stereocenters. The van der Waals surface area contributed by atoms with Crippen molar-refractivity contribution in [2.24, 2.45) is 4.99 Å². The first-order valence-corrected chi connectivity index (χ1v) is 8.76. The number of benzene rings is 2. The van der Waals surface area contributed by atoms with Crippen LogP contribution in [0.2, 0.25) is 5.02 Å². The lowest BCUT2D eigenvalue weighted by Crippen LogP contribution is -2.21. The van der Waals surface area contributed by atoms with Crippen molar-refractivity contribution >= 4 is 23.3 Å². The fourth-order valence-corrected chi connectivity index (χ4v) is 3.26. The average Bonchev–Trinajstić information content (AvgIpc) is 2.77. The zero-order valence-electron chi connectivity index (χ0n) is 14.7. The molecule has 0 bridgehead atoms. The maximum absolute atomic E-state index is 12.0. The summed E-state index contributed by atoms with van der Waals surface area (Å²) in [4.78, 5) is 31.9. The zero-order chi connectivity index (χ0) is 19.8. The van der Waals surface area contributed by atoms with Crippen molar-refractivity contribution in [2.75, 3.05) is 0 Å². The van der Waals surface area contributed by atoms with Crippen LogP contribution in [0.4, 0.5) is 0 Å². The number of aromatic nitrogens is 2. The number of rotatable bonds is 2. The van der Waals surface area contributed by atoms with Crippen molar-refractivity contribution in [2.45, 2.75) is 13.2 Å². The fraction of sp³-hybridized carbons (Fsp3) is 0.100. The van der Waals surface area contributed by atoms with E-state index in [1.165, 1.54) is 11.5 Å². The molecule has 0 radical (unpaired) electrons. The van der Waals surface area contributed by atoms with E-state index >= 15 is 0 Å². The molecule has 2 heterocycles. The summed E-state index contributed by atoms with van der Waals surface area (Å²) in [6.07, 6.45) is -1.45. The van der Waals surface area contributed by atoms with E-state index in [4.69, 9.17) is 16.3 Å². The first-order valence-electron chi connectivity index (χ1n) is 8.38. The molecule has 0 spiro atoms. The monoisotopic (exact) mass is 395 g/mol. The van der Waals surface area contributed by atoms with Gasteiger partial charge >= 0.3 is 5.97 Å². The Kier molecular flexibility index (Phi) is 4.54. The number of carbonyl (C=O) groups is 1. The van der Waals surface area contributed by atoms with Crippen LogP contribution in [0.5, 0.6) is 5.88 Å². The van der Waals surface area contributed by atoms with Gasteiger partial charge in [0.2, 0.25) is 12.1 Å². The smallest absolute Gasteiger partial charge is 0.309 e. The maximum atomic E-state index is 12.0. The minimum atomic E-state index is -1.45. The highest BCUT2D eigenvalue weighted by molar-refractivity contribution is 6.31. The molecule has 8 heteroatoms. The van der Waals surface area contributed by atoms with Crippen LogP contribution in [0, 0.1) is 0 Å². The summed E-state index contributed by atoms with van der Waals surface area (Å²) >= 11 is 6.22. The Labute approximate surface area is 164 Å². The minimum Gasteiger partial charge on any atom is -0.409 e. The molecular weight excluding hydrogens is 382 g/mol. The topological polar surface area (TPSA) is 93.8 Å². The Hall–Kier alpha value is -3.29. The molecule has 0 saturated heterocycles. The molecule has 28 heavy (non-hydrogen) atoms. The number of aliphatic hydroxyl groups is 1. The van der Waals surface area contributed by atoms with Gasteiger partial charge in [-0.2, -0.15) is 4.98 Å². The molecule has 3 aromatic rings. The van der Waals surface area contributed by atoms with Crippen LogP contribution >= 0.6 is 11.6 Å². The van der Waals surface area contributed by atoms with Gasteiger partial charge in [-0.3, -0.25) is 14.2 Å².